The Kier molecular flexibility index (Phi) is 3.24. The largest absolute Gasteiger partial charge is 0.496 e. The number of rotatable bonds is 4. The topological polar surface area (TPSA) is 46.3 Å². The third-order valence-corrected chi connectivity index (χ3v) is 2.99. The normalized spacial score (nSPS) is 10.8. The summed E-state index contributed by atoms with van der Waals surface area (Å²) in [4.78, 5) is 3.36. The minimum atomic E-state index is 0.801. The van der Waals surface area contributed by atoms with E-state index in [9.17, 15) is 0 Å². The summed E-state index contributed by atoms with van der Waals surface area (Å²) in [6, 6.07) is 3.86. The van der Waals surface area contributed by atoms with E-state index in [1.807, 2.05) is 19.2 Å². The van der Waals surface area contributed by atoms with Crippen LogP contribution in [0.5, 0.6) is 11.5 Å². The summed E-state index contributed by atoms with van der Waals surface area (Å²) >= 11 is 0. The first kappa shape index (κ1) is 11.8. The SMILES string of the molecule is CNCc1c(C)[nH]c2c(OC)ccc(OC)c12. The number of aromatic nitrogens is 1. The second-order valence-electron chi connectivity index (χ2n) is 3.98. The van der Waals surface area contributed by atoms with Crippen LogP contribution in [-0.4, -0.2) is 26.3 Å². The third kappa shape index (κ3) is 1.85. The van der Waals surface area contributed by atoms with E-state index in [1.54, 1.807) is 14.2 Å². The molecular weight excluding hydrogens is 216 g/mol. The van der Waals surface area contributed by atoms with Crippen molar-refractivity contribution >= 4 is 10.9 Å². The smallest absolute Gasteiger partial charge is 0.143 e. The standard InChI is InChI=1S/C13H18N2O2/c1-8-9(7-14-2)12-10(16-3)5-6-11(17-4)13(12)15-8/h5-6,14-15H,7H2,1-4H3. The van der Waals surface area contributed by atoms with Crippen LogP contribution >= 0.6 is 0 Å². The van der Waals surface area contributed by atoms with Crippen molar-refractivity contribution in [2.75, 3.05) is 21.3 Å². The number of fused-ring (bicyclic) bond motifs is 1. The van der Waals surface area contributed by atoms with E-state index in [-0.39, 0.29) is 0 Å². The molecule has 1 aromatic heterocycles. The zero-order chi connectivity index (χ0) is 12.4. The second kappa shape index (κ2) is 4.67. The molecule has 2 rings (SSSR count). The summed E-state index contributed by atoms with van der Waals surface area (Å²) < 4.78 is 10.8. The van der Waals surface area contributed by atoms with Gasteiger partial charge in [0, 0.05) is 12.2 Å². The fraction of sp³-hybridized carbons (Fsp3) is 0.385. The molecule has 0 spiro atoms. The summed E-state index contributed by atoms with van der Waals surface area (Å²) in [5.74, 6) is 1.71. The number of methoxy groups -OCH3 is 2. The number of H-pyrrole nitrogens is 1. The molecule has 1 aromatic carbocycles. The van der Waals surface area contributed by atoms with Crippen LogP contribution in [0.25, 0.3) is 10.9 Å². The van der Waals surface area contributed by atoms with Crippen LogP contribution in [0.2, 0.25) is 0 Å². The summed E-state index contributed by atoms with van der Waals surface area (Å²) in [7, 11) is 5.30. The van der Waals surface area contributed by atoms with Crippen molar-refractivity contribution in [1.29, 1.82) is 0 Å². The number of benzene rings is 1. The Balaban J connectivity index is 2.76. The Morgan fingerprint density at radius 2 is 1.82 bits per heavy atom. The summed E-state index contributed by atoms with van der Waals surface area (Å²) in [5.41, 5.74) is 3.35. The molecular formula is C13H18N2O2. The molecule has 4 heteroatoms. The van der Waals surface area contributed by atoms with E-state index in [1.165, 1.54) is 5.56 Å². The number of aryl methyl sites for hydroxylation is 1. The van der Waals surface area contributed by atoms with Gasteiger partial charge in [-0.15, -0.1) is 0 Å². The molecule has 0 radical (unpaired) electrons. The molecule has 0 fully saturated rings. The predicted octanol–water partition coefficient (Wildman–Crippen LogP) is 2.21. The maximum Gasteiger partial charge on any atom is 0.143 e. The average Bonchev–Trinajstić information content (AvgIpc) is 2.66. The van der Waals surface area contributed by atoms with Gasteiger partial charge >= 0.3 is 0 Å². The monoisotopic (exact) mass is 234 g/mol. The minimum Gasteiger partial charge on any atom is -0.496 e. The lowest BCUT2D eigenvalue weighted by molar-refractivity contribution is 0.410. The molecule has 1 heterocycles. The molecule has 2 N–H and O–H groups in total. The maximum absolute atomic E-state index is 5.42. The molecule has 92 valence electrons. The Labute approximate surface area is 101 Å². The van der Waals surface area contributed by atoms with Gasteiger partial charge < -0.3 is 19.8 Å². The van der Waals surface area contributed by atoms with E-state index < -0.39 is 0 Å². The molecule has 0 aliphatic heterocycles. The van der Waals surface area contributed by atoms with Gasteiger partial charge in [0.25, 0.3) is 0 Å². The van der Waals surface area contributed by atoms with Crippen molar-refractivity contribution in [3.63, 3.8) is 0 Å². The van der Waals surface area contributed by atoms with Crippen LogP contribution in [0.15, 0.2) is 12.1 Å². The number of aromatic amines is 1. The van der Waals surface area contributed by atoms with Gasteiger partial charge in [-0.3, -0.25) is 0 Å². The van der Waals surface area contributed by atoms with Gasteiger partial charge in [0.2, 0.25) is 0 Å². The van der Waals surface area contributed by atoms with Crippen molar-refractivity contribution in [2.45, 2.75) is 13.5 Å². The number of hydrogen-bond acceptors (Lipinski definition) is 3. The van der Waals surface area contributed by atoms with E-state index in [0.717, 1.165) is 34.6 Å². The van der Waals surface area contributed by atoms with Gasteiger partial charge in [-0.1, -0.05) is 0 Å². The maximum atomic E-state index is 5.42. The fourth-order valence-corrected chi connectivity index (χ4v) is 2.18. The van der Waals surface area contributed by atoms with E-state index in [0.29, 0.717) is 0 Å². The zero-order valence-electron chi connectivity index (χ0n) is 10.7. The Bertz CT molecular complexity index is 532. The highest BCUT2D eigenvalue weighted by Gasteiger charge is 2.15. The number of nitrogens with one attached hydrogen (secondary N) is 2. The third-order valence-electron chi connectivity index (χ3n) is 2.99. The molecule has 0 atom stereocenters. The van der Waals surface area contributed by atoms with Gasteiger partial charge in [0.1, 0.15) is 11.5 Å². The van der Waals surface area contributed by atoms with Crippen LogP contribution < -0.4 is 14.8 Å². The van der Waals surface area contributed by atoms with Crippen LogP contribution in [0, 0.1) is 6.92 Å². The zero-order valence-corrected chi connectivity index (χ0v) is 10.7. The van der Waals surface area contributed by atoms with E-state index in [4.69, 9.17) is 9.47 Å². The van der Waals surface area contributed by atoms with Crippen molar-refractivity contribution in [1.82, 2.24) is 10.3 Å². The summed E-state index contributed by atoms with van der Waals surface area (Å²) in [6.07, 6.45) is 0. The first-order valence-corrected chi connectivity index (χ1v) is 5.59. The molecule has 0 saturated heterocycles. The van der Waals surface area contributed by atoms with Gasteiger partial charge in [-0.25, -0.2) is 0 Å². The van der Waals surface area contributed by atoms with Crippen molar-refractivity contribution in [3.8, 4) is 11.5 Å². The Morgan fingerprint density at radius 1 is 1.18 bits per heavy atom. The Hall–Kier alpha value is -1.68. The molecule has 0 aliphatic carbocycles. The van der Waals surface area contributed by atoms with Crippen LogP contribution in [-0.2, 0) is 6.54 Å². The predicted molar refractivity (Wildman–Crippen MR) is 68.9 cm³/mol. The number of ether oxygens (including phenoxy) is 2. The second-order valence-corrected chi connectivity index (χ2v) is 3.98. The van der Waals surface area contributed by atoms with E-state index in [2.05, 4.69) is 17.2 Å². The van der Waals surface area contributed by atoms with Gasteiger partial charge in [-0.2, -0.15) is 0 Å². The first-order chi connectivity index (χ1) is 8.22. The average molecular weight is 234 g/mol. The first-order valence-electron chi connectivity index (χ1n) is 5.59. The van der Waals surface area contributed by atoms with Gasteiger partial charge in [0.15, 0.2) is 0 Å². The fourth-order valence-electron chi connectivity index (χ4n) is 2.18. The van der Waals surface area contributed by atoms with Gasteiger partial charge in [0.05, 0.1) is 25.1 Å². The molecule has 0 saturated carbocycles. The summed E-state index contributed by atoms with van der Waals surface area (Å²) in [6.45, 7) is 2.86. The lowest BCUT2D eigenvalue weighted by Gasteiger charge is -2.08. The molecule has 0 bridgehead atoms. The van der Waals surface area contributed by atoms with Gasteiger partial charge in [-0.05, 0) is 31.7 Å². The molecule has 4 nitrogen and oxygen atoms in total. The molecule has 2 aromatic rings. The molecule has 0 amide bonds. The molecule has 0 unspecified atom stereocenters. The lowest BCUT2D eigenvalue weighted by Crippen LogP contribution is -2.05. The highest BCUT2D eigenvalue weighted by atomic mass is 16.5. The highest BCUT2D eigenvalue weighted by Crippen LogP contribution is 2.36. The molecule has 17 heavy (non-hydrogen) atoms. The van der Waals surface area contributed by atoms with Crippen LogP contribution in [0.3, 0.4) is 0 Å². The molecule has 0 aliphatic rings. The lowest BCUT2D eigenvalue weighted by atomic mass is 10.1. The van der Waals surface area contributed by atoms with Crippen LogP contribution in [0.4, 0.5) is 0 Å². The highest BCUT2D eigenvalue weighted by molar-refractivity contribution is 5.94. The van der Waals surface area contributed by atoms with E-state index >= 15 is 0 Å². The minimum absolute atomic E-state index is 0.801. The Morgan fingerprint density at radius 3 is 2.41 bits per heavy atom. The van der Waals surface area contributed by atoms with Crippen molar-refractivity contribution < 1.29 is 9.47 Å². The van der Waals surface area contributed by atoms with Crippen molar-refractivity contribution in [2.24, 2.45) is 0 Å². The summed E-state index contributed by atoms with van der Waals surface area (Å²) in [5, 5.41) is 4.27. The quantitative estimate of drug-likeness (QED) is 0.852. The van der Waals surface area contributed by atoms with Crippen LogP contribution in [0.1, 0.15) is 11.3 Å². The number of hydrogen-bond donors (Lipinski definition) is 2. The van der Waals surface area contributed by atoms with Crippen molar-refractivity contribution in [3.05, 3.63) is 23.4 Å².